The molecule has 0 radical (unpaired) electrons. The zero-order valence-corrected chi connectivity index (χ0v) is 24.2. The molecule has 2 heterocycles. The van der Waals surface area contributed by atoms with Crippen LogP contribution in [0.4, 0.5) is 46.5 Å². The number of benzene rings is 3. The summed E-state index contributed by atoms with van der Waals surface area (Å²) in [6.07, 6.45) is -7.21. The van der Waals surface area contributed by atoms with E-state index in [-0.39, 0.29) is 61.8 Å². The predicted octanol–water partition coefficient (Wildman–Crippen LogP) is 5.44. The number of hydrogen-bond acceptors (Lipinski definition) is 7. The maximum atomic E-state index is 14.8. The van der Waals surface area contributed by atoms with E-state index in [1.54, 1.807) is 4.90 Å². The topological polar surface area (TPSA) is 95.8 Å². The molecule has 1 saturated heterocycles. The van der Waals surface area contributed by atoms with E-state index in [2.05, 4.69) is 20.1 Å². The van der Waals surface area contributed by atoms with Crippen LogP contribution in [-0.2, 0) is 18.3 Å². The van der Waals surface area contributed by atoms with Crippen LogP contribution in [0.15, 0.2) is 73.3 Å². The second-order valence-electron chi connectivity index (χ2n) is 10.8. The number of rotatable bonds is 9. The maximum Gasteiger partial charge on any atom is 0.573 e. The van der Waals surface area contributed by atoms with Crippen LogP contribution in [0.1, 0.15) is 21.5 Å². The fourth-order valence-corrected chi connectivity index (χ4v) is 5.31. The van der Waals surface area contributed by atoms with Gasteiger partial charge in [-0.25, -0.2) is 18.4 Å². The summed E-state index contributed by atoms with van der Waals surface area (Å²) in [5.41, 5.74) is -3.58. The van der Waals surface area contributed by atoms with Gasteiger partial charge in [0.05, 0.1) is 12.1 Å². The number of carbonyl (C=O) groups is 1. The highest BCUT2D eigenvalue weighted by atomic mass is 19.4. The summed E-state index contributed by atoms with van der Waals surface area (Å²) < 4.78 is 113. The van der Waals surface area contributed by atoms with Gasteiger partial charge in [0.15, 0.2) is 0 Å². The number of aliphatic hydroxyl groups is 1. The van der Waals surface area contributed by atoms with Crippen molar-refractivity contribution in [3.63, 3.8) is 0 Å². The molecule has 1 amide bonds. The Kier molecular flexibility index (Phi) is 9.40. The van der Waals surface area contributed by atoms with Crippen LogP contribution in [0.5, 0.6) is 5.75 Å². The predicted molar refractivity (Wildman–Crippen MR) is 151 cm³/mol. The molecule has 1 unspecified atom stereocenters. The Bertz CT molecular complexity index is 1690. The number of amides is 1. The summed E-state index contributed by atoms with van der Waals surface area (Å²) in [6, 6.07) is 9.88. The molecule has 1 atom stereocenters. The Morgan fingerprint density at radius 3 is 2.17 bits per heavy atom. The second kappa shape index (κ2) is 13.2. The Labute approximate surface area is 262 Å². The molecule has 1 fully saturated rings. The lowest BCUT2D eigenvalue weighted by Crippen LogP contribution is -2.52. The SMILES string of the molecule is O=C(Nc1ccc(N2CCN(CC(O)(Cn3cncn3)c3ccc(F)cc3F)CC2)c(C(F)(F)F)c1)c1ccc(OC(F)(F)F)cc1. The summed E-state index contributed by atoms with van der Waals surface area (Å²) in [5, 5.41) is 17.9. The number of carbonyl (C=O) groups excluding carboxylic acids is 1. The van der Waals surface area contributed by atoms with Crippen LogP contribution in [0.2, 0.25) is 0 Å². The maximum absolute atomic E-state index is 14.8. The number of ether oxygens (including phenoxy) is 1. The highest BCUT2D eigenvalue weighted by Gasteiger charge is 2.39. The fourth-order valence-electron chi connectivity index (χ4n) is 5.31. The first-order valence-electron chi connectivity index (χ1n) is 14.0. The van der Waals surface area contributed by atoms with E-state index in [1.807, 2.05) is 0 Å². The molecule has 17 heteroatoms. The number of anilines is 2. The minimum atomic E-state index is -4.93. The van der Waals surface area contributed by atoms with Gasteiger partial charge < -0.3 is 20.1 Å². The Morgan fingerprint density at radius 1 is 0.872 bits per heavy atom. The Hall–Kier alpha value is -4.77. The van der Waals surface area contributed by atoms with Crippen molar-refractivity contribution in [1.29, 1.82) is 0 Å². The number of nitrogens with one attached hydrogen (secondary N) is 1. The smallest absolute Gasteiger partial charge is 0.406 e. The molecule has 1 aromatic heterocycles. The normalized spacial score (nSPS) is 15.7. The number of halogens is 8. The number of β-amino-alcohol motifs (C(OH)–C–C–N with tert-alkyl or cyclic N) is 1. The zero-order chi connectivity index (χ0) is 34.0. The first-order valence-corrected chi connectivity index (χ1v) is 14.0. The molecule has 47 heavy (non-hydrogen) atoms. The molecule has 2 N–H and O–H groups in total. The number of piperazine rings is 1. The molecule has 9 nitrogen and oxygen atoms in total. The van der Waals surface area contributed by atoms with Crippen LogP contribution in [-0.4, -0.2) is 69.8 Å². The molecular formula is C30H26F8N6O3. The molecule has 1 aliphatic heterocycles. The number of hydrogen-bond donors (Lipinski definition) is 2. The van der Waals surface area contributed by atoms with Gasteiger partial charge in [-0.05, 0) is 48.5 Å². The summed E-state index contributed by atoms with van der Waals surface area (Å²) in [7, 11) is 0. The van der Waals surface area contributed by atoms with Crippen LogP contribution < -0.4 is 15.0 Å². The van der Waals surface area contributed by atoms with Crippen LogP contribution in [0.3, 0.4) is 0 Å². The third kappa shape index (κ3) is 8.34. The van der Waals surface area contributed by atoms with Gasteiger partial charge in [0.25, 0.3) is 5.91 Å². The molecular weight excluding hydrogens is 644 g/mol. The van der Waals surface area contributed by atoms with E-state index in [0.29, 0.717) is 6.07 Å². The zero-order valence-electron chi connectivity index (χ0n) is 24.2. The summed E-state index contributed by atoms with van der Waals surface area (Å²) in [6.45, 7) is 0.147. The Morgan fingerprint density at radius 2 is 1.57 bits per heavy atom. The molecule has 0 aliphatic carbocycles. The third-order valence-corrected chi connectivity index (χ3v) is 7.43. The van der Waals surface area contributed by atoms with E-state index >= 15 is 0 Å². The van der Waals surface area contributed by atoms with Gasteiger partial charge in [0, 0.05) is 61.3 Å². The molecule has 4 aromatic rings. The monoisotopic (exact) mass is 670 g/mol. The lowest BCUT2D eigenvalue weighted by molar-refractivity contribution is -0.274. The van der Waals surface area contributed by atoms with E-state index in [9.17, 15) is 45.0 Å². The van der Waals surface area contributed by atoms with Crippen LogP contribution in [0.25, 0.3) is 0 Å². The quantitative estimate of drug-likeness (QED) is 0.229. The summed E-state index contributed by atoms with van der Waals surface area (Å²) >= 11 is 0. The van der Waals surface area contributed by atoms with Crippen molar-refractivity contribution < 1.29 is 49.8 Å². The molecule has 5 rings (SSSR count). The minimum absolute atomic E-state index is 0.0897. The average molecular weight is 671 g/mol. The van der Waals surface area contributed by atoms with E-state index in [0.717, 1.165) is 42.5 Å². The first kappa shape index (κ1) is 33.6. The van der Waals surface area contributed by atoms with Gasteiger partial charge in [0.1, 0.15) is 35.6 Å². The van der Waals surface area contributed by atoms with E-state index in [4.69, 9.17) is 0 Å². The van der Waals surface area contributed by atoms with Crippen LogP contribution >= 0.6 is 0 Å². The minimum Gasteiger partial charge on any atom is -0.406 e. The van der Waals surface area contributed by atoms with Crippen molar-refractivity contribution in [3.8, 4) is 5.75 Å². The van der Waals surface area contributed by atoms with Gasteiger partial charge in [-0.2, -0.15) is 18.3 Å². The molecule has 3 aromatic carbocycles. The van der Waals surface area contributed by atoms with Gasteiger partial charge in [-0.1, -0.05) is 6.07 Å². The molecule has 0 saturated carbocycles. The summed E-state index contributed by atoms with van der Waals surface area (Å²) in [5.74, 6) is -3.22. The average Bonchev–Trinajstić information content (AvgIpc) is 3.49. The highest BCUT2D eigenvalue weighted by molar-refractivity contribution is 6.04. The van der Waals surface area contributed by atoms with E-state index < -0.39 is 47.0 Å². The third-order valence-electron chi connectivity index (χ3n) is 7.43. The number of alkyl halides is 6. The van der Waals surface area contributed by atoms with Crippen molar-refractivity contribution in [2.24, 2.45) is 0 Å². The van der Waals surface area contributed by atoms with Crippen molar-refractivity contribution in [3.05, 3.63) is 102 Å². The molecule has 0 spiro atoms. The number of nitrogens with zero attached hydrogens (tertiary/aromatic N) is 5. The van der Waals surface area contributed by atoms with Crippen molar-refractivity contribution in [2.45, 2.75) is 24.7 Å². The van der Waals surface area contributed by atoms with Crippen molar-refractivity contribution in [1.82, 2.24) is 19.7 Å². The van der Waals surface area contributed by atoms with Gasteiger partial charge in [0.2, 0.25) is 0 Å². The molecule has 1 aliphatic rings. The molecule has 0 bridgehead atoms. The summed E-state index contributed by atoms with van der Waals surface area (Å²) in [4.78, 5) is 19.6. The van der Waals surface area contributed by atoms with Crippen molar-refractivity contribution >= 4 is 17.3 Å². The van der Waals surface area contributed by atoms with E-state index in [1.165, 1.54) is 34.4 Å². The standard InChI is InChI=1S/C30H26F8N6O3/c31-20-3-7-23(25(32)13-20)28(46,16-44-18-39-17-40-44)15-42-9-11-43(12-10-42)26-8-4-21(14-24(26)29(33,34)35)41-27(45)19-1-5-22(6-2-19)47-30(36,37)38/h1-8,13-14,17-18,46H,9-12,15-16H2,(H,41,45). The largest absolute Gasteiger partial charge is 0.573 e. The lowest BCUT2D eigenvalue weighted by Gasteiger charge is -2.41. The first-order chi connectivity index (χ1) is 22.1. The highest BCUT2D eigenvalue weighted by Crippen LogP contribution is 2.39. The van der Waals surface area contributed by atoms with Gasteiger partial charge in [-0.3, -0.25) is 9.69 Å². The fraction of sp³-hybridized carbons (Fsp3) is 0.300. The second-order valence-corrected chi connectivity index (χ2v) is 10.8. The lowest BCUT2D eigenvalue weighted by atomic mass is 9.92. The number of aromatic nitrogens is 3. The Balaban J connectivity index is 1.28. The van der Waals surface area contributed by atoms with Crippen LogP contribution in [0, 0.1) is 11.6 Å². The van der Waals surface area contributed by atoms with Gasteiger partial charge in [-0.15, -0.1) is 13.2 Å². The molecule has 250 valence electrons. The van der Waals surface area contributed by atoms with Crippen molar-refractivity contribution in [2.75, 3.05) is 42.9 Å². The van der Waals surface area contributed by atoms with Gasteiger partial charge >= 0.3 is 12.5 Å².